The second kappa shape index (κ2) is 5.61. The molecule has 1 aliphatic carbocycles. The minimum Gasteiger partial charge on any atom is -0.352 e. The number of carbonyl (C=O) groups excluding carboxylic acids is 1. The predicted molar refractivity (Wildman–Crippen MR) is 73.3 cm³/mol. The molecule has 0 aromatic rings. The largest absolute Gasteiger partial charge is 0.352 e. The van der Waals surface area contributed by atoms with Crippen molar-refractivity contribution in [3.8, 4) is 0 Å². The Hall–Kier alpha value is -0.220. The molecule has 0 aromatic carbocycles. The molecule has 1 atom stereocenters. The average molecular weight is 256 g/mol. The Bertz CT molecular complexity index is 269. The molecule has 1 aliphatic heterocycles. The van der Waals surface area contributed by atoms with Gasteiger partial charge >= 0.3 is 0 Å². The van der Waals surface area contributed by atoms with Gasteiger partial charge in [-0.05, 0) is 58.2 Å². The maximum absolute atomic E-state index is 12.2. The highest BCUT2D eigenvalue weighted by atomic mass is 32.2. The van der Waals surface area contributed by atoms with Gasteiger partial charge in [0.25, 0.3) is 0 Å². The normalized spacial score (nSPS) is 38.0. The fourth-order valence-corrected chi connectivity index (χ4v) is 3.62. The number of thioether (sulfide) groups is 1. The minimum atomic E-state index is -0.309. The van der Waals surface area contributed by atoms with Crippen LogP contribution in [0.4, 0.5) is 0 Å². The third kappa shape index (κ3) is 3.16. The molecule has 1 unspecified atom stereocenters. The molecule has 2 rings (SSSR count). The molecule has 1 saturated carbocycles. The van der Waals surface area contributed by atoms with Gasteiger partial charge in [0, 0.05) is 11.3 Å². The summed E-state index contributed by atoms with van der Waals surface area (Å²) in [5.74, 6) is 0.211. The molecular formula is C13H24N2OS. The Morgan fingerprint density at radius 2 is 2.06 bits per heavy atom. The summed E-state index contributed by atoms with van der Waals surface area (Å²) in [4.78, 5) is 12.2. The summed E-state index contributed by atoms with van der Waals surface area (Å²) in [5.41, 5.74) is -0.309. The summed E-state index contributed by atoms with van der Waals surface area (Å²) < 4.78 is 0. The minimum absolute atomic E-state index is 0.211. The van der Waals surface area contributed by atoms with E-state index in [9.17, 15) is 4.79 Å². The Kier molecular flexibility index (Phi) is 4.36. The lowest BCUT2D eigenvalue weighted by molar-refractivity contribution is -0.127. The van der Waals surface area contributed by atoms with Crippen molar-refractivity contribution in [1.29, 1.82) is 0 Å². The maximum Gasteiger partial charge on any atom is 0.240 e. The molecule has 0 spiro atoms. The van der Waals surface area contributed by atoms with Crippen LogP contribution in [0, 0.1) is 0 Å². The Balaban J connectivity index is 1.79. The third-order valence-electron chi connectivity index (χ3n) is 4.21. The summed E-state index contributed by atoms with van der Waals surface area (Å²) in [6, 6.07) is 0.408. The van der Waals surface area contributed by atoms with Gasteiger partial charge in [-0.15, -0.1) is 0 Å². The molecule has 2 N–H and O–H groups in total. The van der Waals surface area contributed by atoms with E-state index in [1.54, 1.807) is 0 Å². The van der Waals surface area contributed by atoms with Crippen LogP contribution in [0.3, 0.4) is 0 Å². The smallest absolute Gasteiger partial charge is 0.240 e. The van der Waals surface area contributed by atoms with Crippen LogP contribution in [0.1, 0.15) is 45.4 Å². The third-order valence-corrected chi connectivity index (χ3v) is 5.35. The van der Waals surface area contributed by atoms with E-state index in [4.69, 9.17) is 0 Å². The van der Waals surface area contributed by atoms with E-state index in [1.807, 2.05) is 18.7 Å². The number of rotatable bonds is 3. The lowest BCUT2D eigenvalue weighted by atomic mass is 9.93. The quantitative estimate of drug-likeness (QED) is 0.810. The van der Waals surface area contributed by atoms with E-state index in [0.717, 1.165) is 37.5 Å². The van der Waals surface area contributed by atoms with Crippen molar-refractivity contribution >= 4 is 17.7 Å². The zero-order valence-electron chi connectivity index (χ0n) is 10.9. The predicted octanol–water partition coefficient (Wildman–Crippen LogP) is 1.92. The van der Waals surface area contributed by atoms with E-state index < -0.39 is 0 Å². The standard InChI is InChI=1S/C13H24N2OS/c1-13(8-3-9-14-13)12(16)15-10-4-6-11(17-2)7-5-10/h10-11,14H,3-9H2,1-2H3,(H,15,16). The average Bonchev–Trinajstić information content (AvgIpc) is 2.78. The summed E-state index contributed by atoms with van der Waals surface area (Å²) in [5, 5.41) is 7.37. The van der Waals surface area contributed by atoms with E-state index in [2.05, 4.69) is 16.9 Å². The fourth-order valence-electron chi connectivity index (χ4n) is 2.88. The van der Waals surface area contributed by atoms with Gasteiger partial charge < -0.3 is 10.6 Å². The molecule has 1 heterocycles. The molecule has 17 heavy (non-hydrogen) atoms. The Labute approximate surface area is 108 Å². The maximum atomic E-state index is 12.2. The first-order valence-corrected chi connectivity index (χ1v) is 8.01. The van der Waals surface area contributed by atoms with E-state index in [1.165, 1.54) is 12.8 Å². The highest BCUT2D eigenvalue weighted by molar-refractivity contribution is 7.99. The zero-order chi connectivity index (χ0) is 12.3. The molecule has 2 aliphatic rings. The summed E-state index contributed by atoms with van der Waals surface area (Å²) >= 11 is 1.97. The van der Waals surface area contributed by atoms with Gasteiger partial charge in [0.2, 0.25) is 5.91 Å². The molecule has 0 bridgehead atoms. The van der Waals surface area contributed by atoms with Crippen molar-refractivity contribution in [2.75, 3.05) is 12.8 Å². The van der Waals surface area contributed by atoms with Crippen molar-refractivity contribution in [3.63, 3.8) is 0 Å². The number of nitrogens with one attached hydrogen (secondary N) is 2. The van der Waals surface area contributed by atoms with Gasteiger partial charge in [0.1, 0.15) is 0 Å². The van der Waals surface area contributed by atoms with Crippen molar-refractivity contribution in [3.05, 3.63) is 0 Å². The van der Waals surface area contributed by atoms with Gasteiger partial charge in [0.15, 0.2) is 0 Å². The molecule has 98 valence electrons. The van der Waals surface area contributed by atoms with Crippen LogP contribution in [0.2, 0.25) is 0 Å². The monoisotopic (exact) mass is 256 g/mol. The molecule has 3 nitrogen and oxygen atoms in total. The number of hydrogen-bond donors (Lipinski definition) is 2. The molecule has 1 amide bonds. The first kappa shape index (κ1) is 13.2. The van der Waals surface area contributed by atoms with Gasteiger partial charge in [-0.1, -0.05) is 0 Å². The van der Waals surface area contributed by atoms with Crippen molar-refractivity contribution < 1.29 is 4.79 Å². The van der Waals surface area contributed by atoms with Crippen LogP contribution in [0.15, 0.2) is 0 Å². The Morgan fingerprint density at radius 3 is 2.59 bits per heavy atom. The molecule has 0 aromatic heterocycles. The van der Waals surface area contributed by atoms with Gasteiger partial charge in [-0.25, -0.2) is 0 Å². The van der Waals surface area contributed by atoms with Crippen LogP contribution in [-0.4, -0.2) is 35.5 Å². The Morgan fingerprint density at radius 1 is 1.35 bits per heavy atom. The second-order valence-electron chi connectivity index (χ2n) is 5.55. The van der Waals surface area contributed by atoms with Gasteiger partial charge in [-0.2, -0.15) is 11.8 Å². The van der Waals surface area contributed by atoms with Crippen LogP contribution >= 0.6 is 11.8 Å². The SMILES string of the molecule is CSC1CCC(NC(=O)C2(C)CCCN2)CC1. The summed E-state index contributed by atoms with van der Waals surface area (Å²) in [7, 11) is 0. The van der Waals surface area contributed by atoms with Crippen LogP contribution in [-0.2, 0) is 4.79 Å². The molecular weight excluding hydrogens is 232 g/mol. The summed E-state index contributed by atoms with van der Waals surface area (Å²) in [6.45, 7) is 3.01. The van der Waals surface area contributed by atoms with Crippen molar-refractivity contribution in [2.45, 2.75) is 62.3 Å². The fraction of sp³-hybridized carbons (Fsp3) is 0.923. The van der Waals surface area contributed by atoms with E-state index in [0.29, 0.717) is 6.04 Å². The highest BCUT2D eigenvalue weighted by Crippen LogP contribution is 2.27. The van der Waals surface area contributed by atoms with E-state index >= 15 is 0 Å². The highest BCUT2D eigenvalue weighted by Gasteiger charge is 2.37. The van der Waals surface area contributed by atoms with E-state index in [-0.39, 0.29) is 11.4 Å². The van der Waals surface area contributed by atoms with Gasteiger partial charge in [0.05, 0.1) is 5.54 Å². The van der Waals surface area contributed by atoms with Crippen LogP contribution in [0.5, 0.6) is 0 Å². The van der Waals surface area contributed by atoms with Gasteiger partial charge in [-0.3, -0.25) is 4.79 Å². The lowest BCUT2D eigenvalue weighted by Crippen LogP contribution is -2.54. The summed E-state index contributed by atoms with van der Waals surface area (Å²) in [6.07, 6.45) is 9.06. The second-order valence-corrected chi connectivity index (χ2v) is 6.68. The van der Waals surface area contributed by atoms with Crippen LogP contribution < -0.4 is 10.6 Å². The molecule has 0 radical (unpaired) electrons. The number of hydrogen-bond acceptors (Lipinski definition) is 3. The first-order chi connectivity index (χ1) is 8.14. The lowest BCUT2D eigenvalue weighted by Gasteiger charge is -2.31. The number of carbonyl (C=O) groups is 1. The van der Waals surface area contributed by atoms with Crippen LogP contribution in [0.25, 0.3) is 0 Å². The number of amides is 1. The molecule has 4 heteroatoms. The first-order valence-electron chi connectivity index (χ1n) is 6.73. The topological polar surface area (TPSA) is 41.1 Å². The zero-order valence-corrected chi connectivity index (χ0v) is 11.7. The molecule has 2 fully saturated rings. The molecule has 1 saturated heterocycles. The van der Waals surface area contributed by atoms with Crippen molar-refractivity contribution in [1.82, 2.24) is 10.6 Å². The van der Waals surface area contributed by atoms with Crippen molar-refractivity contribution in [2.24, 2.45) is 0 Å².